The molecule has 1 fully saturated rings. The Balaban J connectivity index is 2.72. The first-order valence-corrected chi connectivity index (χ1v) is 6.34. The number of esters is 1. The molecular formula is C13H25NO2. The molecule has 0 radical (unpaired) electrons. The maximum absolute atomic E-state index is 12.3. The molecule has 1 rings (SSSR count). The number of hydrogen-bond acceptors (Lipinski definition) is 3. The standard InChI is InChI=1S/C13H25NO2/c1-5-6-13(7-9-14-10-8-13)11(15)16-12(2,3)4/h14H,5-10H2,1-4H3. The molecule has 1 N–H and O–H groups in total. The molecule has 0 amide bonds. The number of carbonyl (C=O) groups is 1. The molecule has 94 valence electrons. The van der Waals surface area contributed by atoms with Crippen LogP contribution in [-0.4, -0.2) is 24.7 Å². The minimum atomic E-state index is -0.372. The smallest absolute Gasteiger partial charge is 0.312 e. The molecule has 1 aliphatic heterocycles. The van der Waals surface area contributed by atoms with E-state index in [2.05, 4.69) is 12.2 Å². The summed E-state index contributed by atoms with van der Waals surface area (Å²) in [7, 11) is 0. The summed E-state index contributed by atoms with van der Waals surface area (Å²) in [6, 6.07) is 0. The predicted molar refractivity (Wildman–Crippen MR) is 65.3 cm³/mol. The van der Waals surface area contributed by atoms with Gasteiger partial charge < -0.3 is 10.1 Å². The third kappa shape index (κ3) is 3.48. The number of piperidine rings is 1. The molecule has 0 aromatic heterocycles. The SMILES string of the molecule is CCCC1(C(=O)OC(C)(C)C)CCNCC1. The summed E-state index contributed by atoms with van der Waals surface area (Å²) in [5.74, 6) is 0.00310. The van der Waals surface area contributed by atoms with Crippen molar-refractivity contribution in [3.8, 4) is 0 Å². The zero-order valence-electron chi connectivity index (χ0n) is 11.1. The summed E-state index contributed by atoms with van der Waals surface area (Å²) in [4.78, 5) is 12.3. The quantitative estimate of drug-likeness (QED) is 0.753. The van der Waals surface area contributed by atoms with Crippen molar-refractivity contribution < 1.29 is 9.53 Å². The van der Waals surface area contributed by atoms with E-state index >= 15 is 0 Å². The zero-order chi connectivity index (χ0) is 12.2. The summed E-state index contributed by atoms with van der Waals surface area (Å²) in [5, 5.41) is 3.31. The molecule has 0 atom stereocenters. The minimum Gasteiger partial charge on any atom is -0.460 e. The number of hydrogen-bond donors (Lipinski definition) is 1. The second-order valence-electron chi connectivity index (χ2n) is 5.78. The van der Waals surface area contributed by atoms with Crippen molar-refractivity contribution in [2.75, 3.05) is 13.1 Å². The van der Waals surface area contributed by atoms with Crippen molar-refractivity contribution in [1.29, 1.82) is 0 Å². The minimum absolute atomic E-state index is 0.00310. The Morgan fingerprint density at radius 1 is 1.31 bits per heavy atom. The van der Waals surface area contributed by atoms with Gasteiger partial charge in [-0.25, -0.2) is 0 Å². The Morgan fingerprint density at radius 3 is 2.31 bits per heavy atom. The third-order valence-electron chi connectivity index (χ3n) is 3.12. The van der Waals surface area contributed by atoms with E-state index in [1.54, 1.807) is 0 Å². The normalized spacial score (nSPS) is 20.5. The molecule has 0 aromatic rings. The molecule has 0 aliphatic carbocycles. The van der Waals surface area contributed by atoms with Crippen LogP contribution in [0, 0.1) is 5.41 Å². The topological polar surface area (TPSA) is 38.3 Å². The van der Waals surface area contributed by atoms with Crippen LogP contribution in [0.3, 0.4) is 0 Å². The van der Waals surface area contributed by atoms with Crippen molar-refractivity contribution in [3.05, 3.63) is 0 Å². The highest BCUT2D eigenvalue weighted by Crippen LogP contribution is 2.36. The summed E-state index contributed by atoms with van der Waals surface area (Å²) in [6.45, 7) is 9.80. The van der Waals surface area contributed by atoms with Gasteiger partial charge in [-0.2, -0.15) is 0 Å². The van der Waals surface area contributed by atoms with Gasteiger partial charge in [0.15, 0.2) is 0 Å². The largest absolute Gasteiger partial charge is 0.460 e. The zero-order valence-corrected chi connectivity index (χ0v) is 11.1. The average Bonchev–Trinajstić information content (AvgIpc) is 2.17. The highest BCUT2D eigenvalue weighted by atomic mass is 16.6. The summed E-state index contributed by atoms with van der Waals surface area (Å²) in [6.07, 6.45) is 3.81. The molecule has 16 heavy (non-hydrogen) atoms. The monoisotopic (exact) mass is 227 g/mol. The Morgan fingerprint density at radius 2 is 1.88 bits per heavy atom. The summed E-state index contributed by atoms with van der Waals surface area (Å²) >= 11 is 0. The van der Waals surface area contributed by atoms with Gasteiger partial charge in [-0.15, -0.1) is 0 Å². The molecule has 1 aliphatic rings. The van der Waals surface area contributed by atoms with Crippen LogP contribution in [0.25, 0.3) is 0 Å². The van der Waals surface area contributed by atoms with Crippen LogP contribution in [0.2, 0.25) is 0 Å². The molecule has 0 spiro atoms. The maximum Gasteiger partial charge on any atom is 0.312 e. The Bertz CT molecular complexity index is 231. The van der Waals surface area contributed by atoms with Gasteiger partial charge in [0.25, 0.3) is 0 Å². The number of nitrogens with one attached hydrogen (secondary N) is 1. The lowest BCUT2D eigenvalue weighted by molar-refractivity contribution is -0.170. The highest BCUT2D eigenvalue weighted by Gasteiger charge is 2.41. The van der Waals surface area contributed by atoms with Gasteiger partial charge >= 0.3 is 5.97 Å². The van der Waals surface area contributed by atoms with Gasteiger partial charge in [-0.3, -0.25) is 4.79 Å². The van der Waals surface area contributed by atoms with Crippen LogP contribution in [0.1, 0.15) is 53.4 Å². The molecule has 1 heterocycles. The average molecular weight is 227 g/mol. The lowest BCUT2D eigenvalue weighted by atomic mass is 9.75. The van der Waals surface area contributed by atoms with Crippen LogP contribution in [0.5, 0.6) is 0 Å². The van der Waals surface area contributed by atoms with Crippen LogP contribution < -0.4 is 5.32 Å². The highest BCUT2D eigenvalue weighted by molar-refractivity contribution is 5.77. The Hall–Kier alpha value is -0.570. The molecular weight excluding hydrogens is 202 g/mol. The predicted octanol–water partition coefficient (Wildman–Crippen LogP) is 2.50. The van der Waals surface area contributed by atoms with Crippen molar-refractivity contribution in [3.63, 3.8) is 0 Å². The fraction of sp³-hybridized carbons (Fsp3) is 0.923. The molecule has 0 unspecified atom stereocenters. The second kappa shape index (κ2) is 5.17. The third-order valence-corrected chi connectivity index (χ3v) is 3.12. The van der Waals surface area contributed by atoms with Crippen LogP contribution in [0.4, 0.5) is 0 Å². The fourth-order valence-electron chi connectivity index (χ4n) is 2.33. The fourth-order valence-corrected chi connectivity index (χ4v) is 2.33. The molecule has 3 heteroatoms. The first-order chi connectivity index (χ1) is 7.40. The number of carbonyl (C=O) groups excluding carboxylic acids is 1. The van der Waals surface area contributed by atoms with Crippen molar-refractivity contribution in [1.82, 2.24) is 5.32 Å². The summed E-state index contributed by atoms with van der Waals surface area (Å²) in [5.41, 5.74) is -0.601. The summed E-state index contributed by atoms with van der Waals surface area (Å²) < 4.78 is 5.57. The van der Waals surface area contributed by atoms with E-state index in [-0.39, 0.29) is 17.0 Å². The number of ether oxygens (including phenoxy) is 1. The van der Waals surface area contributed by atoms with Gasteiger partial charge in [-0.05, 0) is 53.1 Å². The van der Waals surface area contributed by atoms with Crippen LogP contribution in [-0.2, 0) is 9.53 Å². The van der Waals surface area contributed by atoms with E-state index in [0.29, 0.717) is 0 Å². The molecule has 3 nitrogen and oxygen atoms in total. The van der Waals surface area contributed by atoms with E-state index in [9.17, 15) is 4.79 Å². The number of rotatable bonds is 3. The van der Waals surface area contributed by atoms with Crippen LogP contribution in [0.15, 0.2) is 0 Å². The van der Waals surface area contributed by atoms with Crippen LogP contribution >= 0.6 is 0 Å². The van der Waals surface area contributed by atoms with Gasteiger partial charge in [-0.1, -0.05) is 13.3 Å². The lowest BCUT2D eigenvalue weighted by Crippen LogP contribution is -2.45. The van der Waals surface area contributed by atoms with Crippen molar-refractivity contribution in [2.24, 2.45) is 5.41 Å². The van der Waals surface area contributed by atoms with E-state index in [0.717, 1.165) is 38.8 Å². The van der Waals surface area contributed by atoms with Gasteiger partial charge in [0.05, 0.1) is 5.41 Å². The second-order valence-corrected chi connectivity index (χ2v) is 5.78. The first kappa shape index (κ1) is 13.5. The maximum atomic E-state index is 12.3. The molecule has 0 saturated carbocycles. The van der Waals surface area contributed by atoms with E-state index in [1.165, 1.54) is 0 Å². The van der Waals surface area contributed by atoms with Gasteiger partial charge in [0.1, 0.15) is 5.60 Å². The van der Waals surface area contributed by atoms with Gasteiger partial charge in [0, 0.05) is 0 Å². The van der Waals surface area contributed by atoms with E-state index in [4.69, 9.17) is 4.74 Å². The van der Waals surface area contributed by atoms with E-state index < -0.39 is 0 Å². The molecule has 0 bridgehead atoms. The Kier molecular flexibility index (Phi) is 4.36. The van der Waals surface area contributed by atoms with Crippen molar-refractivity contribution >= 4 is 5.97 Å². The van der Waals surface area contributed by atoms with Gasteiger partial charge in [0.2, 0.25) is 0 Å². The van der Waals surface area contributed by atoms with E-state index in [1.807, 2.05) is 20.8 Å². The molecule has 1 saturated heterocycles. The first-order valence-electron chi connectivity index (χ1n) is 6.34. The Labute approximate surface area is 98.9 Å². The lowest BCUT2D eigenvalue weighted by Gasteiger charge is -2.37. The molecule has 0 aromatic carbocycles. The van der Waals surface area contributed by atoms with Crippen molar-refractivity contribution in [2.45, 2.75) is 59.0 Å².